The summed E-state index contributed by atoms with van der Waals surface area (Å²) in [6, 6.07) is 4.25. The summed E-state index contributed by atoms with van der Waals surface area (Å²) in [6.45, 7) is 10.9. The Morgan fingerprint density at radius 1 is 1.38 bits per heavy atom. The first-order valence-corrected chi connectivity index (χ1v) is 6.35. The van der Waals surface area contributed by atoms with Gasteiger partial charge in [0.1, 0.15) is 5.82 Å². The number of anilines is 1. The molecule has 90 valence electrons. The molecule has 1 saturated heterocycles. The van der Waals surface area contributed by atoms with Crippen LogP contribution in [0.1, 0.15) is 39.2 Å². The predicted octanol–water partition coefficient (Wildman–Crippen LogP) is 3.65. The molecule has 0 radical (unpaired) electrons. The van der Waals surface area contributed by atoms with Crippen molar-refractivity contribution in [3.63, 3.8) is 0 Å². The number of rotatable bonds is 1. The van der Waals surface area contributed by atoms with Gasteiger partial charge in [-0.3, -0.25) is 0 Å². The Kier molecular flexibility index (Phi) is 5.30. The van der Waals surface area contributed by atoms with Crippen molar-refractivity contribution >= 4 is 5.82 Å². The highest BCUT2D eigenvalue weighted by Crippen LogP contribution is 2.21. The van der Waals surface area contributed by atoms with Crippen molar-refractivity contribution < 1.29 is 0 Å². The molecular formula is C14H24N2. The lowest BCUT2D eigenvalue weighted by Crippen LogP contribution is -2.19. The minimum Gasteiger partial charge on any atom is -0.356 e. The minimum atomic E-state index is 0.822. The Morgan fingerprint density at radius 3 is 2.50 bits per heavy atom. The van der Waals surface area contributed by atoms with Gasteiger partial charge in [0.25, 0.3) is 0 Å². The molecule has 1 aromatic heterocycles. The quantitative estimate of drug-likeness (QED) is 0.718. The highest BCUT2D eigenvalue weighted by Gasteiger charge is 2.19. The molecule has 0 spiro atoms. The van der Waals surface area contributed by atoms with E-state index in [-0.39, 0.29) is 0 Å². The molecule has 1 aromatic rings. The van der Waals surface area contributed by atoms with Gasteiger partial charge in [0, 0.05) is 19.3 Å². The van der Waals surface area contributed by atoms with Crippen LogP contribution in [0.5, 0.6) is 0 Å². The van der Waals surface area contributed by atoms with Crippen LogP contribution in [0.4, 0.5) is 5.82 Å². The SMILES string of the molecule is CCC.Cc1ccc(N2CC[C@H](C)C2)nc1. The third-order valence-corrected chi connectivity index (χ3v) is 2.64. The van der Waals surface area contributed by atoms with E-state index in [0.29, 0.717) is 0 Å². The molecule has 0 amide bonds. The topological polar surface area (TPSA) is 16.1 Å². The molecule has 2 heterocycles. The normalized spacial score (nSPS) is 19.2. The maximum Gasteiger partial charge on any atom is 0.128 e. The first-order valence-electron chi connectivity index (χ1n) is 6.35. The largest absolute Gasteiger partial charge is 0.356 e. The van der Waals surface area contributed by atoms with Crippen molar-refractivity contribution in [2.45, 2.75) is 40.5 Å². The lowest BCUT2D eigenvalue weighted by molar-refractivity contribution is 0.659. The summed E-state index contributed by atoms with van der Waals surface area (Å²) in [4.78, 5) is 6.79. The third kappa shape index (κ3) is 3.84. The summed E-state index contributed by atoms with van der Waals surface area (Å²) in [5, 5.41) is 0. The van der Waals surface area contributed by atoms with Gasteiger partial charge in [0.2, 0.25) is 0 Å². The van der Waals surface area contributed by atoms with E-state index in [2.05, 4.69) is 49.7 Å². The minimum absolute atomic E-state index is 0.822. The Morgan fingerprint density at radius 2 is 2.06 bits per heavy atom. The zero-order valence-electron chi connectivity index (χ0n) is 11.0. The maximum atomic E-state index is 4.42. The molecule has 1 aliphatic heterocycles. The van der Waals surface area contributed by atoms with Gasteiger partial charge in [-0.05, 0) is 30.9 Å². The van der Waals surface area contributed by atoms with E-state index in [1.54, 1.807) is 0 Å². The second kappa shape index (κ2) is 6.51. The van der Waals surface area contributed by atoms with Crippen LogP contribution in [0.25, 0.3) is 0 Å². The van der Waals surface area contributed by atoms with Gasteiger partial charge in [-0.25, -0.2) is 4.98 Å². The molecular weight excluding hydrogens is 196 g/mol. The summed E-state index contributed by atoms with van der Waals surface area (Å²) in [5.74, 6) is 1.96. The van der Waals surface area contributed by atoms with Crippen molar-refractivity contribution in [2.24, 2.45) is 5.92 Å². The van der Waals surface area contributed by atoms with Crippen LogP contribution in [0.2, 0.25) is 0 Å². The van der Waals surface area contributed by atoms with E-state index >= 15 is 0 Å². The highest BCUT2D eigenvalue weighted by atomic mass is 15.2. The van der Waals surface area contributed by atoms with Gasteiger partial charge in [-0.2, -0.15) is 0 Å². The number of aryl methyl sites for hydroxylation is 1. The Bertz CT molecular complexity index is 292. The average Bonchev–Trinajstić information content (AvgIpc) is 2.67. The van der Waals surface area contributed by atoms with Crippen LogP contribution in [-0.2, 0) is 0 Å². The summed E-state index contributed by atoms with van der Waals surface area (Å²) in [6.07, 6.45) is 4.49. The second-order valence-corrected chi connectivity index (χ2v) is 4.74. The smallest absolute Gasteiger partial charge is 0.128 e. The van der Waals surface area contributed by atoms with Crippen LogP contribution in [0.3, 0.4) is 0 Å². The fourth-order valence-corrected chi connectivity index (χ4v) is 1.79. The summed E-state index contributed by atoms with van der Waals surface area (Å²) in [5.41, 5.74) is 1.23. The van der Waals surface area contributed by atoms with Crippen LogP contribution in [0.15, 0.2) is 18.3 Å². The van der Waals surface area contributed by atoms with Gasteiger partial charge in [-0.15, -0.1) is 0 Å². The zero-order valence-corrected chi connectivity index (χ0v) is 11.0. The van der Waals surface area contributed by atoms with E-state index in [1.165, 1.54) is 18.4 Å². The molecule has 2 rings (SSSR count). The van der Waals surface area contributed by atoms with Crippen molar-refractivity contribution in [1.29, 1.82) is 0 Å². The average molecular weight is 220 g/mol. The molecule has 0 saturated carbocycles. The second-order valence-electron chi connectivity index (χ2n) is 4.74. The molecule has 0 unspecified atom stereocenters. The number of nitrogens with zero attached hydrogens (tertiary/aromatic N) is 2. The number of pyridine rings is 1. The van der Waals surface area contributed by atoms with Crippen molar-refractivity contribution in [1.82, 2.24) is 4.98 Å². The Balaban J connectivity index is 0.000000386. The van der Waals surface area contributed by atoms with E-state index in [4.69, 9.17) is 0 Å². The van der Waals surface area contributed by atoms with Gasteiger partial charge in [0.15, 0.2) is 0 Å². The summed E-state index contributed by atoms with van der Waals surface area (Å²) < 4.78 is 0. The van der Waals surface area contributed by atoms with Gasteiger partial charge in [-0.1, -0.05) is 33.3 Å². The molecule has 2 nitrogen and oxygen atoms in total. The summed E-state index contributed by atoms with van der Waals surface area (Å²) >= 11 is 0. The van der Waals surface area contributed by atoms with Gasteiger partial charge in [0.05, 0.1) is 0 Å². The lowest BCUT2D eigenvalue weighted by Gasteiger charge is -2.16. The Hall–Kier alpha value is -1.05. The fraction of sp³-hybridized carbons (Fsp3) is 0.643. The monoisotopic (exact) mass is 220 g/mol. The lowest BCUT2D eigenvalue weighted by atomic mass is 10.2. The number of hydrogen-bond donors (Lipinski definition) is 0. The number of aromatic nitrogens is 1. The molecule has 2 heteroatoms. The molecule has 1 fully saturated rings. The van der Waals surface area contributed by atoms with E-state index < -0.39 is 0 Å². The van der Waals surface area contributed by atoms with Crippen molar-refractivity contribution in [2.75, 3.05) is 18.0 Å². The predicted molar refractivity (Wildman–Crippen MR) is 70.9 cm³/mol. The summed E-state index contributed by atoms with van der Waals surface area (Å²) in [7, 11) is 0. The maximum absolute atomic E-state index is 4.42. The third-order valence-electron chi connectivity index (χ3n) is 2.64. The molecule has 0 aromatic carbocycles. The van der Waals surface area contributed by atoms with Gasteiger partial charge < -0.3 is 4.90 Å². The van der Waals surface area contributed by atoms with E-state index in [0.717, 1.165) is 24.8 Å². The molecule has 0 bridgehead atoms. The van der Waals surface area contributed by atoms with Crippen molar-refractivity contribution in [3.8, 4) is 0 Å². The van der Waals surface area contributed by atoms with Gasteiger partial charge >= 0.3 is 0 Å². The van der Waals surface area contributed by atoms with Crippen LogP contribution in [0, 0.1) is 12.8 Å². The van der Waals surface area contributed by atoms with Crippen LogP contribution >= 0.6 is 0 Å². The van der Waals surface area contributed by atoms with Crippen LogP contribution < -0.4 is 4.90 Å². The van der Waals surface area contributed by atoms with E-state index in [1.807, 2.05) is 6.20 Å². The van der Waals surface area contributed by atoms with Crippen molar-refractivity contribution in [3.05, 3.63) is 23.9 Å². The fourth-order valence-electron chi connectivity index (χ4n) is 1.79. The molecule has 0 aliphatic carbocycles. The zero-order chi connectivity index (χ0) is 12.0. The standard InChI is InChI=1S/C11H16N2.C3H8/c1-9-3-4-11(12-7-9)13-6-5-10(2)8-13;1-3-2/h3-4,7,10H,5-6,8H2,1-2H3;3H2,1-2H3/t10-;/m0./s1. The van der Waals surface area contributed by atoms with E-state index in [9.17, 15) is 0 Å². The number of hydrogen-bond acceptors (Lipinski definition) is 2. The molecule has 1 aliphatic rings. The first-order chi connectivity index (χ1) is 7.67. The first kappa shape index (κ1) is 13.0. The van der Waals surface area contributed by atoms with Crippen LogP contribution in [-0.4, -0.2) is 18.1 Å². The molecule has 1 atom stereocenters. The molecule has 0 N–H and O–H groups in total. The Labute approximate surface area is 99.7 Å². The molecule has 16 heavy (non-hydrogen) atoms. The highest BCUT2D eigenvalue weighted by molar-refractivity contribution is 5.40.